The molecule has 0 aromatic carbocycles. The van der Waals surface area contributed by atoms with Crippen molar-refractivity contribution in [1.29, 1.82) is 0 Å². The molecule has 1 unspecified atom stereocenters. The molecule has 2 nitrogen and oxygen atoms in total. The number of halogens is 1. The maximum absolute atomic E-state index is 5.63. The Morgan fingerprint density at radius 1 is 1.78 bits per heavy atom. The van der Waals surface area contributed by atoms with Gasteiger partial charge in [0.15, 0.2) is 0 Å². The highest BCUT2D eigenvalue weighted by molar-refractivity contribution is 6.20. The van der Waals surface area contributed by atoms with Gasteiger partial charge in [0.05, 0.1) is 5.84 Å². The SMILES string of the molecule is CC(Cl)/N=C1/CCCN1. The van der Waals surface area contributed by atoms with E-state index in [1.165, 1.54) is 6.42 Å². The summed E-state index contributed by atoms with van der Waals surface area (Å²) in [6, 6.07) is 0. The Kier molecular flexibility index (Phi) is 2.34. The summed E-state index contributed by atoms with van der Waals surface area (Å²) < 4.78 is 0. The first-order valence-electron chi connectivity index (χ1n) is 3.23. The topological polar surface area (TPSA) is 24.4 Å². The third-order valence-electron chi connectivity index (χ3n) is 1.25. The van der Waals surface area contributed by atoms with Gasteiger partial charge in [-0.25, -0.2) is 0 Å². The Balaban J connectivity index is 2.39. The van der Waals surface area contributed by atoms with Crippen LogP contribution in [-0.4, -0.2) is 17.9 Å². The van der Waals surface area contributed by atoms with Crippen molar-refractivity contribution >= 4 is 17.4 Å². The van der Waals surface area contributed by atoms with Crippen molar-refractivity contribution in [1.82, 2.24) is 5.32 Å². The van der Waals surface area contributed by atoms with E-state index in [1.807, 2.05) is 6.92 Å². The molecule has 1 saturated heterocycles. The van der Waals surface area contributed by atoms with Gasteiger partial charge in [0.1, 0.15) is 5.50 Å². The number of nitrogens with zero attached hydrogens (tertiary/aromatic N) is 1. The molecule has 9 heavy (non-hydrogen) atoms. The molecule has 0 aromatic heterocycles. The van der Waals surface area contributed by atoms with Gasteiger partial charge in [0, 0.05) is 13.0 Å². The summed E-state index contributed by atoms with van der Waals surface area (Å²) in [7, 11) is 0. The number of aliphatic imine (C=N–C) groups is 1. The number of rotatable bonds is 1. The van der Waals surface area contributed by atoms with Crippen molar-refractivity contribution in [3.63, 3.8) is 0 Å². The zero-order valence-electron chi connectivity index (χ0n) is 5.52. The van der Waals surface area contributed by atoms with E-state index >= 15 is 0 Å². The van der Waals surface area contributed by atoms with Crippen LogP contribution in [0.25, 0.3) is 0 Å². The average Bonchev–Trinajstić information content (AvgIpc) is 2.15. The molecule has 1 N–H and O–H groups in total. The standard InChI is InChI=1S/C6H11ClN2/c1-5(7)9-6-3-2-4-8-6/h5H,2-4H2,1H3,(H,8,9). The van der Waals surface area contributed by atoms with Crippen molar-refractivity contribution in [2.45, 2.75) is 25.3 Å². The van der Waals surface area contributed by atoms with Gasteiger partial charge >= 0.3 is 0 Å². The summed E-state index contributed by atoms with van der Waals surface area (Å²) in [6.07, 6.45) is 2.26. The Labute approximate surface area is 60.3 Å². The van der Waals surface area contributed by atoms with E-state index < -0.39 is 0 Å². The summed E-state index contributed by atoms with van der Waals surface area (Å²) >= 11 is 5.63. The van der Waals surface area contributed by atoms with E-state index in [4.69, 9.17) is 11.6 Å². The fraction of sp³-hybridized carbons (Fsp3) is 0.833. The lowest BCUT2D eigenvalue weighted by atomic mass is 10.4. The predicted octanol–water partition coefficient (Wildman–Crippen LogP) is 1.35. The van der Waals surface area contributed by atoms with Crippen LogP contribution in [0.15, 0.2) is 4.99 Å². The molecule has 0 bridgehead atoms. The van der Waals surface area contributed by atoms with Gasteiger partial charge < -0.3 is 5.32 Å². The predicted molar refractivity (Wildman–Crippen MR) is 40.0 cm³/mol. The molecule has 0 amide bonds. The van der Waals surface area contributed by atoms with Gasteiger partial charge in [-0.2, -0.15) is 0 Å². The van der Waals surface area contributed by atoms with Gasteiger partial charge in [0.2, 0.25) is 0 Å². The van der Waals surface area contributed by atoms with Gasteiger partial charge in [-0.1, -0.05) is 11.6 Å². The lowest BCUT2D eigenvalue weighted by molar-refractivity contribution is 0.911. The van der Waals surface area contributed by atoms with E-state index in [9.17, 15) is 0 Å². The average molecular weight is 147 g/mol. The van der Waals surface area contributed by atoms with Crippen LogP contribution < -0.4 is 5.32 Å². The molecule has 3 heteroatoms. The quantitative estimate of drug-likeness (QED) is 0.439. The molecule has 0 saturated carbocycles. The molecule has 0 aliphatic carbocycles. The highest BCUT2D eigenvalue weighted by Gasteiger charge is 2.06. The summed E-state index contributed by atoms with van der Waals surface area (Å²) in [4.78, 5) is 4.15. The van der Waals surface area contributed by atoms with E-state index in [-0.39, 0.29) is 5.50 Å². The largest absolute Gasteiger partial charge is 0.374 e. The van der Waals surface area contributed by atoms with Crippen LogP contribution in [0, 0.1) is 0 Å². The van der Waals surface area contributed by atoms with Crippen LogP contribution in [0.5, 0.6) is 0 Å². The third kappa shape index (κ3) is 2.22. The molecule has 1 fully saturated rings. The first-order chi connectivity index (χ1) is 4.29. The summed E-state index contributed by atoms with van der Waals surface area (Å²) in [5, 5.41) is 3.15. The maximum Gasteiger partial charge on any atom is 0.123 e. The number of hydrogen-bond acceptors (Lipinski definition) is 1. The van der Waals surface area contributed by atoms with Crippen LogP contribution in [-0.2, 0) is 0 Å². The number of amidine groups is 1. The lowest BCUT2D eigenvalue weighted by Crippen LogP contribution is -2.15. The fourth-order valence-corrected chi connectivity index (χ4v) is 1.02. The Morgan fingerprint density at radius 3 is 3.00 bits per heavy atom. The highest BCUT2D eigenvalue weighted by atomic mass is 35.5. The van der Waals surface area contributed by atoms with Gasteiger partial charge in [-0.15, -0.1) is 0 Å². The van der Waals surface area contributed by atoms with E-state index in [0.29, 0.717) is 0 Å². The van der Waals surface area contributed by atoms with Gasteiger partial charge in [0.25, 0.3) is 0 Å². The molecular weight excluding hydrogens is 136 g/mol. The normalized spacial score (nSPS) is 26.2. The minimum absolute atomic E-state index is 0.0781. The molecular formula is C6H11ClN2. The molecule has 0 spiro atoms. The molecule has 1 rings (SSSR count). The van der Waals surface area contributed by atoms with Crippen LogP contribution in [0.4, 0.5) is 0 Å². The minimum Gasteiger partial charge on any atom is -0.374 e. The first-order valence-corrected chi connectivity index (χ1v) is 3.67. The summed E-state index contributed by atoms with van der Waals surface area (Å²) in [5.74, 6) is 1.07. The van der Waals surface area contributed by atoms with Crippen molar-refractivity contribution in [3.05, 3.63) is 0 Å². The molecule has 1 atom stereocenters. The molecule has 1 aliphatic heterocycles. The monoisotopic (exact) mass is 146 g/mol. The zero-order chi connectivity index (χ0) is 6.69. The first kappa shape index (κ1) is 6.87. The second kappa shape index (κ2) is 3.06. The van der Waals surface area contributed by atoms with Crippen molar-refractivity contribution in [2.75, 3.05) is 6.54 Å². The van der Waals surface area contributed by atoms with E-state index in [2.05, 4.69) is 10.3 Å². The van der Waals surface area contributed by atoms with Crippen molar-refractivity contribution in [3.8, 4) is 0 Å². The fourth-order valence-electron chi connectivity index (χ4n) is 0.902. The second-order valence-electron chi connectivity index (χ2n) is 2.18. The van der Waals surface area contributed by atoms with E-state index in [0.717, 1.165) is 18.8 Å². The Bertz CT molecular complexity index is 112. The molecule has 1 aliphatic rings. The number of nitrogens with one attached hydrogen (secondary N) is 1. The Morgan fingerprint density at radius 2 is 2.56 bits per heavy atom. The minimum atomic E-state index is -0.0781. The zero-order valence-corrected chi connectivity index (χ0v) is 6.28. The summed E-state index contributed by atoms with van der Waals surface area (Å²) in [6.45, 7) is 2.93. The number of hydrogen-bond donors (Lipinski definition) is 1. The summed E-state index contributed by atoms with van der Waals surface area (Å²) in [5.41, 5.74) is -0.0781. The molecule has 52 valence electrons. The molecule has 0 radical (unpaired) electrons. The highest BCUT2D eigenvalue weighted by Crippen LogP contribution is 2.02. The van der Waals surface area contributed by atoms with Gasteiger partial charge in [-0.05, 0) is 13.3 Å². The van der Waals surface area contributed by atoms with Crippen molar-refractivity contribution < 1.29 is 0 Å². The van der Waals surface area contributed by atoms with Crippen LogP contribution in [0.3, 0.4) is 0 Å². The molecule has 1 heterocycles. The van der Waals surface area contributed by atoms with Crippen LogP contribution >= 0.6 is 11.6 Å². The number of alkyl halides is 1. The van der Waals surface area contributed by atoms with Crippen LogP contribution in [0.2, 0.25) is 0 Å². The Hall–Kier alpha value is -0.240. The lowest BCUT2D eigenvalue weighted by Gasteiger charge is -1.97. The van der Waals surface area contributed by atoms with Gasteiger partial charge in [-0.3, -0.25) is 4.99 Å². The van der Waals surface area contributed by atoms with E-state index in [1.54, 1.807) is 0 Å². The smallest absolute Gasteiger partial charge is 0.123 e. The second-order valence-corrected chi connectivity index (χ2v) is 2.81. The third-order valence-corrected chi connectivity index (χ3v) is 1.35. The van der Waals surface area contributed by atoms with Crippen molar-refractivity contribution in [2.24, 2.45) is 4.99 Å². The molecule has 0 aromatic rings. The van der Waals surface area contributed by atoms with Crippen LogP contribution in [0.1, 0.15) is 19.8 Å². The maximum atomic E-state index is 5.63.